The predicted octanol–water partition coefficient (Wildman–Crippen LogP) is 3.34. The van der Waals surface area contributed by atoms with E-state index in [9.17, 15) is 14.7 Å². The van der Waals surface area contributed by atoms with Crippen molar-refractivity contribution in [3.05, 3.63) is 29.8 Å². The van der Waals surface area contributed by atoms with Crippen LogP contribution in [-0.4, -0.2) is 29.6 Å². The summed E-state index contributed by atoms with van der Waals surface area (Å²) in [6.45, 7) is 4.26. The summed E-state index contributed by atoms with van der Waals surface area (Å²) < 4.78 is 0. The molecule has 0 aliphatic heterocycles. The fourth-order valence-corrected chi connectivity index (χ4v) is 3.38. The normalized spacial score (nSPS) is 17.6. The molecule has 3 N–H and O–H groups in total. The van der Waals surface area contributed by atoms with Crippen molar-refractivity contribution in [2.24, 2.45) is 11.8 Å². The van der Waals surface area contributed by atoms with Gasteiger partial charge in [0.1, 0.15) is 0 Å². The van der Waals surface area contributed by atoms with Crippen LogP contribution in [-0.2, 0) is 4.79 Å². The highest BCUT2D eigenvalue weighted by atomic mass is 16.3. The molecule has 25 heavy (non-hydrogen) atoms. The largest absolute Gasteiger partial charge is 0.393 e. The quantitative estimate of drug-likeness (QED) is 0.708. The fourth-order valence-electron chi connectivity index (χ4n) is 3.38. The van der Waals surface area contributed by atoms with Gasteiger partial charge in [0.15, 0.2) is 0 Å². The van der Waals surface area contributed by atoms with Crippen molar-refractivity contribution in [2.75, 3.05) is 11.9 Å². The van der Waals surface area contributed by atoms with Crippen molar-refractivity contribution in [3.8, 4) is 0 Å². The molecule has 1 aromatic rings. The molecule has 2 unspecified atom stereocenters. The molecule has 0 heterocycles. The number of carbonyl (C=O) groups is 2. The Balaban J connectivity index is 1.89. The summed E-state index contributed by atoms with van der Waals surface area (Å²) in [5.74, 6) is 0.194. The molecular weight excluding hydrogens is 316 g/mol. The van der Waals surface area contributed by atoms with Crippen molar-refractivity contribution < 1.29 is 14.7 Å². The van der Waals surface area contributed by atoms with Gasteiger partial charge in [0, 0.05) is 23.7 Å². The number of hydrogen-bond donors (Lipinski definition) is 3. The number of aliphatic hydroxyl groups excluding tert-OH is 1. The molecule has 1 aromatic carbocycles. The first-order chi connectivity index (χ1) is 12.0. The molecule has 1 saturated carbocycles. The summed E-state index contributed by atoms with van der Waals surface area (Å²) in [4.78, 5) is 24.6. The van der Waals surface area contributed by atoms with Gasteiger partial charge in [-0.15, -0.1) is 0 Å². The molecule has 0 bridgehead atoms. The number of benzene rings is 1. The average molecular weight is 346 g/mol. The monoisotopic (exact) mass is 346 g/mol. The van der Waals surface area contributed by atoms with E-state index >= 15 is 0 Å². The number of rotatable bonds is 7. The van der Waals surface area contributed by atoms with Gasteiger partial charge in [-0.2, -0.15) is 0 Å². The summed E-state index contributed by atoms with van der Waals surface area (Å²) in [5, 5.41) is 15.2. The van der Waals surface area contributed by atoms with Crippen molar-refractivity contribution in [1.82, 2.24) is 5.32 Å². The minimum Gasteiger partial charge on any atom is -0.393 e. The van der Waals surface area contributed by atoms with E-state index in [1.165, 1.54) is 6.42 Å². The van der Waals surface area contributed by atoms with Crippen LogP contribution in [0.4, 0.5) is 5.69 Å². The van der Waals surface area contributed by atoms with Crippen LogP contribution in [0, 0.1) is 11.8 Å². The lowest BCUT2D eigenvalue weighted by Gasteiger charge is -2.20. The minimum atomic E-state index is -0.370. The zero-order chi connectivity index (χ0) is 18.2. The first-order valence-electron chi connectivity index (χ1n) is 9.33. The summed E-state index contributed by atoms with van der Waals surface area (Å²) in [5.41, 5.74) is 1.20. The highest BCUT2D eigenvalue weighted by Gasteiger charge is 2.21. The third-order valence-electron chi connectivity index (χ3n) is 4.72. The predicted molar refractivity (Wildman–Crippen MR) is 99.4 cm³/mol. The van der Waals surface area contributed by atoms with Crippen LogP contribution < -0.4 is 10.6 Å². The van der Waals surface area contributed by atoms with Crippen LogP contribution in [0.2, 0.25) is 0 Å². The molecule has 0 aromatic heterocycles. The van der Waals surface area contributed by atoms with Gasteiger partial charge in [-0.05, 0) is 50.3 Å². The zero-order valence-corrected chi connectivity index (χ0v) is 15.3. The van der Waals surface area contributed by atoms with Crippen LogP contribution in [0.25, 0.3) is 0 Å². The van der Waals surface area contributed by atoms with Gasteiger partial charge in [-0.1, -0.05) is 32.3 Å². The van der Waals surface area contributed by atoms with Gasteiger partial charge in [0.25, 0.3) is 5.91 Å². The first kappa shape index (κ1) is 19.4. The number of nitrogens with one attached hydrogen (secondary N) is 2. The van der Waals surface area contributed by atoms with Gasteiger partial charge >= 0.3 is 0 Å². The van der Waals surface area contributed by atoms with Gasteiger partial charge in [0.2, 0.25) is 5.91 Å². The van der Waals surface area contributed by atoms with Crippen LogP contribution in [0.3, 0.4) is 0 Å². The van der Waals surface area contributed by atoms with Crippen molar-refractivity contribution in [2.45, 2.75) is 58.5 Å². The van der Waals surface area contributed by atoms with Crippen molar-refractivity contribution >= 4 is 17.5 Å². The molecule has 2 atom stereocenters. The molecule has 2 rings (SSSR count). The Morgan fingerprint density at radius 1 is 1.20 bits per heavy atom. The van der Waals surface area contributed by atoms with Gasteiger partial charge < -0.3 is 15.7 Å². The molecule has 138 valence electrons. The molecule has 2 amide bonds. The third-order valence-corrected chi connectivity index (χ3v) is 4.72. The second-order valence-corrected chi connectivity index (χ2v) is 7.30. The molecule has 1 aliphatic rings. The van der Waals surface area contributed by atoms with E-state index in [1.54, 1.807) is 25.1 Å². The highest BCUT2D eigenvalue weighted by molar-refractivity contribution is 5.97. The maximum Gasteiger partial charge on any atom is 0.251 e. The molecule has 5 nitrogen and oxygen atoms in total. The molecule has 5 heteroatoms. The van der Waals surface area contributed by atoms with Crippen molar-refractivity contribution in [3.63, 3.8) is 0 Å². The average Bonchev–Trinajstić information content (AvgIpc) is 2.60. The fraction of sp³-hybridized carbons (Fsp3) is 0.600. The lowest BCUT2D eigenvalue weighted by molar-refractivity contribution is -0.120. The van der Waals surface area contributed by atoms with E-state index < -0.39 is 0 Å². The van der Waals surface area contributed by atoms with Crippen LogP contribution in [0.1, 0.15) is 62.7 Å². The molecule has 0 saturated heterocycles. The van der Waals surface area contributed by atoms with Gasteiger partial charge in [-0.3, -0.25) is 9.59 Å². The smallest absolute Gasteiger partial charge is 0.251 e. The SMILES string of the molecule is CC(O)CC(C)CNC(=O)c1cccc(NC(=O)C2CCCCC2)c1. The Morgan fingerprint density at radius 3 is 2.60 bits per heavy atom. The van der Waals surface area contributed by atoms with Gasteiger partial charge in [-0.25, -0.2) is 0 Å². The number of anilines is 1. The van der Waals surface area contributed by atoms with E-state index in [2.05, 4.69) is 10.6 Å². The summed E-state index contributed by atoms with van der Waals surface area (Å²) in [7, 11) is 0. The topological polar surface area (TPSA) is 78.4 Å². The number of hydrogen-bond acceptors (Lipinski definition) is 3. The number of carbonyl (C=O) groups excluding carboxylic acids is 2. The molecule has 1 aliphatic carbocycles. The lowest BCUT2D eigenvalue weighted by Crippen LogP contribution is -2.29. The number of amides is 2. The molecule has 0 spiro atoms. The standard InChI is InChI=1S/C20H30N2O3/c1-14(11-15(2)23)13-21-19(24)17-9-6-10-18(12-17)22-20(25)16-7-4-3-5-8-16/h6,9-10,12,14-16,23H,3-5,7-8,11,13H2,1-2H3,(H,21,24)(H,22,25). The van der Waals surface area contributed by atoms with E-state index in [-0.39, 0.29) is 29.8 Å². The Labute approximate surface area is 150 Å². The molecular formula is C20H30N2O3. The van der Waals surface area contributed by atoms with Gasteiger partial charge in [0.05, 0.1) is 6.10 Å². The minimum absolute atomic E-state index is 0.0582. The lowest BCUT2D eigenvalue weighted by atomic mass is 9.88. The maximum absolute atomic E-state index is 12.3. The highest BCUT2D eigenvalue weighted by Crippen LogP contribution is 2.25. The Morgan fingerprint density at radius 2 is 1.92 bits per heavy atom. The Hall–Kier alpha value is -1.88. The van der Waals surface area contributed by atoms with E-state index in [0.717, 1.165) is 25.7 Å². The summed E-state index contributed by atoms with van der Waals surface area (Å²) in [6.07, 6.45) is 5.63. The summed E-state index contributed by atoms with van der Waals surface area (Å²) in [6, 6.07) is 7.05. The first-order valence-corrected chi connectivity index (χ1v) is 9.33. The second-order valence-electron chi connectivity index (χ2n) is 7.30. The summed E-state index contributed by atoms with van der Waals surface area (Å²) >= 11 is 0. The molecule has 0 radical (unpaired) electrons. The van der Waals surface area contributed by atoms with Crippen molar-refractivity contribution in [1.29, 1.82) is 0 Å². The second kappa shape index (κ2) is 9.56. The third kappa shape index (κ3) is 6.50. The Kier molecular flexibility index (Phi) is 7.44. The van der Waals surface area contributed by atoms with E-state index in [4.69, 9.17) is 0 Å². The van der Waals surface area contributed by atoms with Crippen LogP contribution in [0.15, 0.2) is 24.3 Å². The maximum atomic E-state index is 12.3. The van der Waals surface area contributed by atoms with Crippen LogP contribution in [0.5, 0.6) is 0 Å². The Bertz CT molecular complexity index is 580. The number of aliphatic hydroxyl groups is 1. The van der Waals surface area contributed by atoms with E-state index in [0.29, 0.717) is 24.2 Å². The van der Waals surface area contributed by atoms with Crippen LogP contribution >= 0.6 is 0 Å². The molecule has 1 fully saturated rings. The zero-order valence-electron chi connectivity index (χ0n) is 15.3. The van der Waals surface area contributed by atoms with E-state index in [1.807, 2.05) is 13.0 Å².